The average molecular weight is 457 g/mol. The average Bonchev–Trinajstić information content (AvgIpc) is 3.36. The van der Waals surface area contributed by atoms with Gasteiger partial charge in [0, 0.05) is 30.6 Å². The molecule has 1 fully saturated rings. The summed E-state index contributed by atoms with van der Waals surface area (Å²) in [4.78, 5) is 43.2. The molecule has 3 amide bonds. The lowest BCUT2D eigenvalue weighted by atomic mass is 10.0. The van der Waals surface area contributed by atoms with Crippen LogP contribution >= 0.6 is 11.8 Å². The molecule has 0 saturated carbocycles. The molecule has 0 aliphatic carbocycles. The van der Waals surface area contributed by atoms with Gasteiger partial charge in [0.1, 0.15) is 11.6 Å². The van der Waals surface area contributed by atoms with Gasteiger partial charge in [-0.2, -0.15) is 0 Å². The molecule has 0 spiro atoms. The number of carbonyl (C=O) groups is 3. The van der Waals surface area contributed by atoms with E-state index in [1.54, 1.807) is 12.1 Å². The number of imide groups is 1. The Morgan fingerprint density at radius 3 is 2.81 bits per heavy atom. The van der Waals surface area contributed by atoms with Crippen molar-refractivity contribution in [2.45, 2.75) is 12.5 Å². The maximum absolute atomic E-state index is 13.8. The largest absolute Gasteiger partial charge is 0.382 e. The SMILES string of the molecule is O=C(NCCN1C(=O)S/C(=C\c2ccccc2F)C1=O)C1CC(c2cccc(F)c2)=NO1. The van der Waals surface area contributed by atoms with E-state index in [0.717, 1.165) is 4.90 Å². The molecule has 2 aromatic carbocycles. The summed E-state index contributed by atoms with van der Waals surface area (Å²) in [6, 6.07) is 11.7. The van der Waals surface area contributed by atoms with Crippen LogP contribution in [0.4, 0.5) is 13.6 Å². The number of nitrogens with zero attached hydrogens (tertiary/aromatic N) is 2. The van der Waals surface area contributed by atoms with Crippen LogP contribution in [0.3, 0.4) is 0 Å². The zero-order chi connectivity index (χ0) is 22.7. The monoisotopic (exact) mass is 457 g/mol. The first-order chi connectivity index (χ1) is 15.4. The van der Waals surface area contributed by atoms with Gasteiger partial charge in [0.15, 0.2) is 0 Å². The predicted octanol–water partition coefficient (Wildman–Crippen LogP) is 3.31. The zero-order valence-electron chi connectivity index (χ0n) is 16.6. The smallest absolute Gasteiger partial charge is 0.293 e. The summed E-state index contributed by atoms with van der Waals surface area (Å²) in [5, 5.41) is 5.95. The molecule has 32 heavy (non-hydrogen) atoms. The van der Waals surface area contributed by atoms with Crippen molar-refractivity contribution in [3.63, 3.8) is 0 Å². The second-order valence-electron chi connectivity index (χ2n) is 6.99. The highest BCUT2D eigenvalue weighted by atomic mass is 32.2. The standard InChI is InChI=1S/C22H17F2N3O4S/c23-15-6-3-5-14(10-15)17-12-18(31-26-17)20(28)25-8-9-27-21(29)19(32-22(27)30)11-13-4-1-2-7-16(13)24/h1-7,10-11,18H,8-9,12H2,(H,25,28)/b19-11-. The minimum atomic E-state index is -0.885. The molecule has 0 radical (unpaired) electrons. The summed E-state index contributed by atoms with van der Waals surface area (Å²) in [5.74, 6) is -1.93. The van der Waals surface area contributed by atoms with E-state index < -0.39 is 34.8 Å². The fourth-order valence-corrected chi connectivity index (χ4v) is 4.04. The molecule has 2 aliphatic rings. The van der Waals surface area contributed by atoms with Gasteiger partial charge in [-0.25, -0.2) is 8.78 Å². The number of carbonyl (C=O) groups excluding carboxylic acids is 3. The molecule has 0 aromatic heterocycles. The predicted molar refractivity (Wildman–Crippen MR) is 115 cm³/mol. The first-order valence-corrected chi connectivity index (χ1v) is 10.5. The summed E-state index contributed by atoms with van der Waals surface area (Å²) in [6.07, 6.45) is 0.614. The summed E-state index contributed by atoms with van der Waals surface area (Å²) < 4.78 is 27.2. The van der Waals surface area contributed by atoms with Crippen LogP contribution in [0.25, 0.3) is 6.08 Å². The topological polar surface area (TPSA) is 88.1 Å². The van der Waals surface area contributed by atoms with Gasteiger partial charge in [-0.05, 0) is 36.0 Å². The fraction of sp³-hybridized carbons (Fsp3) is 0.182. The van der Waals surface area contributed by atoms with Crippen molar-refractivity contribution in [1.29, 1.82) is 0 Å². The number of rotatable bonds is 6. The number of amides is 3. The van der Waals surface area contributed by atoms with Gasteiger partial charge in [0.2, 0.25) is 6.10 Å². The minimum Gasteiger partial charge on any atom is -0.382 e. The van der Waals surface area contributed by atoms with Crippen LogP contribution in [0.5, 0.6) is 0 Å². The lowest BCUT2D eigenvalue weighted by molar-refractivity contribution is -0.131. The number of oxime groups is 1. The van der Waals surface area contributed by atoms with Gasteiger partial charge in [-0.1, -0.05) is 35.5 Å². The molecule has 2 aliphatic heterocycles. The zero-order valence-corrected chi connectivity index (χ0v) is 17.4. The van der Waals surface area contributed by atoms with Gasteiger partial charge in [-0.15, -0.1) is 0 Å². The molecule has 4 rings (SSSR count). The van der Waals surface area contributed by atoms with Gasteiger partial charge < -0.3 is 10.2 Å². The summed E-state index contributed by atoms with van der Waals surface area (Å²) in [6.45, 7) is -0.0334. The molecule has 1 N–H and O–H groups in total. The molecular weight excluding hydrogens is 440 g/mol. The fourth-order valence-electron chi connectivity index (χ4n) is 3.19. The van der Waals surface area contributed by atoms with Crippen molar-refractivity contribution in [3.8, 4) is 0 Å². The Labute approximate surface area is 186 Å². The Morgan fingerprint density at radius 1 is 1.22 bits per heavy atom. The molecule has 164 valence electrons. The summed E-state index contributed by atoms with van der Waals surface area (Å²) in [5.41, 5.74) is 1.19. The van der Waals surface area contributed by atoms with Gasteiger partial charge in [-0.3, -0.25) is 19.3 Å². The third-order valence-electron chi connectivity index (χ3n) is 4.82. The highest BCUT2D eigenvalue weighted by Crippen LogP contribution is 2.32. The molecule has 1 atom stereocenters. The van der Waals surface area contributed by atoms with Crippen molar-refractivity contribution < 1.29 is 28.0 Å². The Kier molecular flexibility index (Phi) is 6.31. The van der Waals surface area contributed by atoms with Crippen LogP contribution in [0, 0.1) is 11.6 Å². The quantitative estimate of drug-likeness (QED) is 0.673. The molecule has 7 nitrogen and oxygen atoms in total. The lowest BCUT2D eigenvalue weighted by Gasteiger charge is -2.14. The van der Waals surface area contributed by atoms with Crippen LogP contribution in [-0.2, 0) is 14.4 Å². The van der Waals surface area contributed by atoms with E-state index >= 15 is 0 Å². The maximum Gasteiger partial charge on any atom is 0.293 e. The Morgan fingerprint density at radius 2 is 2.03 bits per heavy atom. The van der Waals surface area contributed by atoms with Crippen LogP contribution in [0.2, 0.25) is 0 Å². The maximum atomic E-state index is 13.8. The number of halogens is 2. The van der Waals surface area contributed by atoms with E-state index in [-0.39, 0.29) is 30.0 Å². The van der Waals surface area contributed by atoms with E-state index in [1.165, 1.54) is 42.5 Å². The number of hydrogen-bond donors (Lipinski definition) is 1. The number of nitrogens with one attached hydrogen (secondary N) is 1. The number of benzene rings is 2. The number of hydrogen-bond acceptors (Lipinski definition) is 6. The Balaban J connectivity index is 1.29. The molecular formula is C22H17F2N3O4S. The van der Waals surface area contributed by atoms with Gasteiger partial charge in [0.25, 0.3) is 17.1 Å². The minimum absolute atomic E-state index is 0.0129. The van der Waals surface area contributed by atoms with Crippen LogP contribution in [0.1, 0.15) is 17.5 Å². The lowest BCUT2D eigenvalue weighted by Crippen LogP contribution is -2.41. The van der Waals surface area contributed by atoms with E-state index in [1.807, 2.05) is 0 Å². The second kappa shape index (κ2) is 9.31. The first kappa shape index (κ1) is 21.7. The van der Waals surface area contributed by atoms with Crippen molar-refractivity contribution >= 4 is 40.6 Å². The highest BCUT2D eigenvalue weighted by molar-refractivity contribution is 8.18. The van der Waals surface area contributed by atoms with Gasteiger partial charge >= 0.3 is 0 Å². The molecule has 2 heterocycles. The van der Waals surface area contributed by atoms with E-state index in [2.05, 4.69) is 10.5 Å². The number of thioether (sulfide) groups is 1. The highest BCUT2D eigenvalue weighted by Gasteiger charge is 2.35. The van der Waals surface area contributed by atoms with Crippen molar-refractivity contribution in [2.24, 2.45) is 5.16 Å². The normalized spacial score (nSPS) is 19.3. The van der Waals surface area contributed by atoms with Crippen molar-refractivity contribution in [1.82, 2.24) is 10.2 Å². The van der Waals surface area contributed by atoms with Gasteiger partial charge in [0.05, 0.1) is 10.6 Å². The van der Waals surface area contributed by atoms with E-state index in [4.69, 9.17) is 4.84 Å². The summed E-state index contributed by atoms with van der Waals surface area (Å²) >= 11 is 0.714. The second-order valence-corrected chi connectivity index (χ2v) is 7.99. The van der Waals surface area contributed by atoms with Crippen LogP contribution in [0.15, 0.2) is 58.6 Å². The third kappa shape index (κ3) is 4.70. The van der Waals surface area contributed by atoms with Crippen molar-refractivity contribution in [2.75, 3.05) is 13.1 Å². The van der Waals surface area contributed by atoms with E-state index in [9.17, 15) is 23.2 Å². The third-order valence-corrected chi connectivity index (χ3v) is 5.73. The molecule has 2 aromatic rings. The van der Waals surface area contributed by atoms with E-state index in [0.29, 0.717) is 23.0 Å². The molecule has 0 bridgehead atoms. The summed E-state index contributed by atoms with van der Waals surface area (Å²) in [7, 11) is 0. The Bertz CT molecular complexity index is 1150. The van der Waals surface area contributed by atoms with Crippen molar-refractivity contribution in [3.05, 3.63) is 76.2 Å². The van der Waals surface area contributed by atoms with Crippen LogP contribution in [-0.4, -0.2) is 46.9 Å². The molecule has 1 unspecified atom stereocenters. The van der Waals surface area contributed by atoms with Crippen LogP contribution < -0.4 is 5.32 Å². The Hall–Kier alpha value is -3.53. The molecule has 1 saturated heterocycles. The molecule has 10 heteroatoms. The first-order valence-electron chi connectivity index (χ1n) is 9.68.